The van der Waals surface area contributed by atoms with Gasteiger partial charge in [-0.25, -0.2) is 4.98 Å². The van der Waals surface area contributed by atoms with Gasteiger partial charge < -0.3 is 4.57 Å². The molecule has 0 saturated carbocycles. The van der Waals surface area contributed by atoms with E-state index in [2.05, 4.69) is 15.8 Å². The van der Waals surface area contributed by atoms with E-state index in [0.717, 1.165) is 33.7 Å². The predicted octanol–water partition coefficient (Wildman–Crippen LogP) is 2.83. The molecule has 0 bridgehead atoms. The summed E-state index contributed by atoms with van der Waals surface area (Å²) in [6, 6.07) is 9.67. The Hall–Kier alpha value is -2.93. The Morgan fingerprint density at radius 1 is 1.23 bits per heavy atom. The number of rotatable bonds is 5. The number of nitrogens with one attached hydrogen (secondary N) is 2. The molecule has 7 heteroatoms. The lowest BCUT2D eigenvalue weighted by Gasteiger charge is -2.09. The van der Waals surface area contributed by atoms with Crippen LogP contribution in [0.5, 0.6) is 0 Å². The van der Waals surface area contributed by atoms with Gasteiger partial charge in [-0.05, 0) is 42.1 Å². The Bertz CT molecular complexity index is 971. The minimum atomic E-state index is -0.377. The highest BCUT2D eigenvalue weighted by Gasteiger charge is 2.12. The van der Waals surface area contributed by atoms with E-state index in [1.165, 1.54) is 6.08 Å². The van der Waals surface area contributed by atoms with Crippen LogP contribution in [0, 0.1) is 6.92 Å². The average molecular weight is 368 g/mol. The molecule has 0 atom stereocenters. The largest absolute Gasteiger partial charge is 0.318 e. The molecule has 0 aliphatic rings. The Balaban J connectivity index is 1.60. The number of hydrogen-bond donors (Lipinski definition) is 2. The average Bonchev–Trinajstić information content (AvgIpc) is 3.21. The zero-order valence-corrected chi connectivity index (χ0v) is 15.5. The number of amides is 2. The van der Waals surface area contributed by atoms with Gasteiger partial charge in [0, 0.05) is 17.4 Å². The summed E-state index contributed by atoms with van der Waals surface area (Å²) in [6.45, 7) is 4.07. The Morgan fingerprint density at radius 3 is 2.77 bits per heavy atom. The number of hydrogen-bond acceptors (Lipinski definition) is 4. The summed E-state index contributed by atoms with van der Waals surface area (Å²) in [5, 5.41) is 1.97. The van der Waals surface area contributed by atoms with Gasteiger partial charge >= 0.3 is 0 Å². The smallest absolute Gasteiger partial charge is 0.262 e. The number of carbonyl (C=O) groups excluding carboxylic acids is 2. The highest BCUT2D eigenvalue weighted by molar-refractivity contribution is 7.11. The number of fused-ring (bicyclic) bond motifs is 1. The summed E-state index contributed by atoms with van der Waals surface area (Å²) in [5.41, 5.74) is 7.73. The molecular formula is C19H20N4O2S. The number of nitrogens with zero attached hydrogens (tertiary/aromatic N) is 2. The van der Waals surface area contributed by atoms with Gasteiger partial charge in [-0.1, -0.05) is 19.1 Å². The molecule has 2 aromatic heterocycles. The molecule has 134 valence electrons. The van der Waals surface area contributed by atoms with Crippen molar-refractivity contribution in [3.8, 4) is 0 Å². The van der Waals surface area contributed by atoms with Gasteiger partial charge in [0.2, 0.25) is 0 Å². The number of carbonyl (C=O) groups is 2. The fourth-order valence-electron chi connectivity index (χ4n) is 2.63. The normalized spacial score (nSPS) is 11.2. The number of hydrazine groups is 1. The predicted molar refractivity (Wildman–Crippen MR) is 103 cm³/mol. The molecule has 2 heterocycles. The van der Waals surface area contributed by atoms with E-state index in [-0.39, 0.29) is 18.4 Å². The third kappa shape index (κ3) is 4.00. The maximum Gasteiger partial charge on any atom is 0.262 e. The summed E-state index contributed by atoms with van der Waals surface area (Å²) in [7, 11) is 0. The molecule has 2 amide bonds. The summed E-state index contributed by atoms with van der Waals surface area (Å²) in [6.07, 6.45) is 3.86. The van der Waals surface area contributed by atoms with E-state index >= 15 is 0 Å². The van der Waals surface area contributed by atoms with Crippen molar-refractivity contribution in [2.45, 2.75) is 26.8 Å². The molecule has 26 heavy (non-hydrogen) atoms. The minimum Gasteiger partial charge on any atom is -0.318 e. The highest BCUT2D eigenvalue weighted by atomic mass is 32.1. The minimum absolute atomic E-state index is 0.0950. The lowest BCUT2D eigenvalue weighted by Crippen LogP contribution is -2.42. The molecule has 0 spiro atoms. The van der Waals surface area contributed by atoms with Crippen molar-refractivity contribution in [1.29, 1.82) is 0 Å². The first-order valence-electron chi connectivity index (χ1n) is 8.33. The van der Waals surface area contributed by atoms with Crippen LogP contribution in [0.25, 0.3) is 17.1 Å². The zero-order valence-electron chi connectivity index (χ0n) is 14.7. The molecule has 0 fully saturated rings. The van der Waals surface area contributed by atoms with Crippen molar-refractivity contribution in [2.75, 3.05) is 0 Å². The third-order valence-corrected chi connectivity index (χ3v) is 4.95. The van der Waals surface area contributed by atoms with Gasteiger partial charge in [-0.15, -0.1) is 11.3 Å². The van der Waals surface area contributed by atoms with Gasteiger partial charge in [-0.2, -0.15) is 0 Å². The van der Waals surface area contributed by atoms with E-state index in [0.29, 0.717) is 0 Å². The summed E-state index contributed by atoms with van der Waals surface area (Å²) in [5.74, 6) is 0.148. The SMILES string of the molecule is CCc1nc2ccccc2n1CC(=O)NNC(=O)/C=C/c1sccc1C. The molecule has 6 nitrogen and oxygen atoms in total. The number of benzene rings is 1. The number of aryl methyl sites for hydroxylation is 2. The fourth-order valence-corrected chi connectivity index (χ4v) is 3.45. The third-order valence-electron chi connectivity index (χ3n) is 3.96. The first-order valence-corrected chi connectivity index (χ1v) is 9.21. The standard InChI is InChI=1S/C19H20N4O2S/c1-3-17-20-14-6-4-5-7-15(14)23(17)12-19(25)22-21-18(24)9-8-16-13(2)10-11-26-16/h4-11H,3,12H2,1-2H3,(H,21,24)(H,22,25)/b9-8+. The monoisotopic (exact) mass is 368 g/mol. The Labute approximate surface area is 155 Å². The second kappa shape index (κ2) is 7.97. The quantitative estimate of drug-likeness (QED) is 0.537. The van der Waals surface area contributed by atoms with Crippen LogP contribution < -0.4 is 10.9 Å². The molecule has 3 aromatic rings. The zero-order chi connectivity index (χ0) is 18.5. The Morgan fingerprint density at radius 2 is 2.04 bits per heavy atom. The van der Waals surface area contributed by atoms with E-state index < -0.39 is 0 Å². The fraction of sp³-hybridized carbons (Fsp3) is 0.211. The molecular weight excluding hydrogens is 348 g/mol. The number of aromatic nitrogens is 2. The van der Waals surface area contributed by atoms with Crippen molar-refractivity contribution in [3.05, 3.63) is 58.1 Å². The number of para-hydroxylation sites is 2. The number of imidazole rings is 1. The van der Waals surface area contributed by atoms with Gasteiger partial charge in [0.05, 0.1) is 11.0 Å². The molecule has 2 N–H and O–H groups in total. The molecule has 0 unspecified atom stereocenters. The maximum atomic E-state index is 12.2. The van der Waals surface area contributed by atoms with E-state index in [1.807, 2.05) is 54.1 Å². The molecule has 1 aromatic carbocycles. The Kier molecular flexibility index (Phi) is 5.48. The van der Waals surface area contributed by atoms with Crippen LogP contribution in [-0.4, -0.2) is 21.4 Å². The summed E-state index contributed by atoms with van der Waals surface area (Å²) in [4.78, 5) is 29.6. The molecule has 0 aliphatic carbocycles. The first-order chi connectivity index (χ1) is 12.6. The van der Waals surface area contributed by atoms with Crippen LogP contribution in [0.4, 0.5) is 0 Å². The van der Waals surface area contributed by atoms with Crippen molar-refractivity contribution in [2.24, 2.45) is 0 Å². The van der Waals surface area contributed by atoms with Crippen LogP contribution in [0.15, 0.2) is 41.8 Å². The molecule has 3 rings (SSSR count). The van der Waals surface area contributed by atoms with Crippen molar-refractivity contribution >= 4 is 40.3 Å². The van der Waals surface area contributed by atoms with Gasteiger partial charge in [0.25, 0.3) is 11.8 Å². The maximum absolute atomic E-state index is 12.2. The van der Waals surface area contributed by atoms with Crippen molar-refractivity contribution in [3.63, 3.8) is 0 Å². The van der Waals surface area contributed by atoms with Crippen molar-refractivity contribution in [1.82, 2.24) is 20.4 Å². The lowest BCUT2D eigenvalue weighted by molar-refractivity contribution is -0.127. The molecule has 0 radical (unpaired) electrons. The van der Waals surface area contributed by atoms with Crippen LogP contribution >= 0.6 is 11.3 Å². The van der Waals surface area contributed by atoms with E-state index in [1.54, 1.807) is 17.4 Å². The van der Waals surface area contributed by atoms with Crippen LogP contribution in [-0.2, 0) is 22.6 Å². The first kappa shape index (κ1) is 17.9. The lowest BCUT2D eigenvalue weighted by atomic mass is 10.3. The van der Waals surface area contributed by atoms with Gasteiger partial charge in [-0.3, -0.25) is 20.4 Å². The molecule has 0 saturated heterocycles. The number of thiophene rings is 1. The second-order valence-corrected chi connectivity index (χ2v) is 6.74. The summed E-state index contributed by atoms with van der Waals surface area (Å²) < 4.78 is 1.86. The second-order valence-electron chi connectivity index (χ2n) is 5.80. The molecule has 0 aliphatic heterocycles. The van der Waals surface area contributed by atoms with E-state index in [4.69, 9.17) is 0 Å². The van der Waals surface area contributed by atoms with Crippen LogP contribution in [0.2, 0.25) is 0 Å². The van der Waals surface area contributed by atoms with Crippen molar-refractivity contribution < 1.29 is 9.59 Å². The van der Waals surface area contributed by atoms with Crippen LogP contribution in [0.3, 0.4) is 0 Å². The highest BCUT2D eigenvalue weighted by Crippen LogP contribution is 2.17. The van der Waals surface area contributed by atoms with Crippen LogP contribution in [0.1, 0.15) is 23.2 Å². The van der Waals surface area contributed by atoms with Gasteiger partial charge in [0.1, 0.15) is 12.4 Å². The topological polar surface area (TPSA) is 76.0 Å². The van der Waals surface area contributed by atoms with E-state index in [9.17, 15) is 9.59 Å². The summed E-state index contributed by atoms with van der Waals surface area (Å²) >= 11 is 1.56. The van der Waals surface area contributed by atoms with Gasteiger partial charge in [0.15, 0.2) is 0 Å².